The third-order valence-electron chi connectivity index (χ3n) is 3.67. The smallest absolute Gasteiger partial charge is 0.139 e. The average Bonchev–Trinajstić information content (AvgIpc) is 2.43. The topological polar surface area (TPSA) is 44.3 Å². The zero-order chi connectivity index (χ0) is 15.2. The molecule has 0 spiro atoms. The largest absolute Gasteiger partial charge is 0.598 e. The highest BCUT2D eigenvalue weighted by Crippen LogP contribution is 2.25. The number of hydrogen-bond acceptors (Lipinski definition) is 3. The number of halogens is 1. The Labute approximate surface area is 125 Å². The first-order chi connectivity index (χ1) is 9.36. The Hall–Kier alpha value is -0.260. The van der Waals surface area contributed by atoms with Crippen molar-refractivity contribution in [3.8, 4) is 0 Å². The lowest BCUT2D eigenvalue weighted by Gasteiger charge is -2.33. The van der Waals surface area contributed by atoms with Crippen LogP contribution in [0.4, 0.5) is 4.39 Å². The summed E-state index contributed by atoms with van der Waals surface area (Å²) < 4.78 is 33.7. The second-order valence-corrected chi connectivity index (χ2v) is 8.34. The molecule has 3 nitrogen and oxygen atoms in total. The first-order valence-corrected chi connectivity index (χ1v) is 8.56. The maximum Gasteiger partial charge on any atom is 0.139 e. The minimum Gasteiger partial charge on any atom is -0.598 e. The summed E-state index contributed by atoms with van der Waals surface area (Å²) in [6.45, 7) is 7.67. The Morgan fingerprint density at radius 3 is 2.70 bits per heavy atom. The van der Waals surface area contributed by atoms with Gasteiger partial charge in [-0.15, -0.1) is 4.72 Å². The normalized spacial score (nSPS) is 22.6. The van der Waals surface area contributed by atoms with Gasteiger partial charge in [0.15, 0.2) is 0 Å². The van der Waals surface area contributed by atoms with E-state index in [0.29, 0.717) is 5.92 Å². The number of allylic oxidation sites excluding steroid dienone is 1. The molecule has 1 N–H and O–H groups in total. The second-order valence-electron chi connectivity index (χ2n) is 6.46. The van der Waals surface area contributed by atoms with Gasteiger partial charge < -0.3 is 9.29 Å². The highest BCUT2D eigenvalue weighted by atomic mass is 32.2. The minimum absolute atomic E-state index is 0.227. The lowest BCUT2D eigenvalue weighted by molar-refractivity contribution is 0.0835. The highest BCUT2D eigenvalue weighted by molar-refractivity contribution is 7.90. The lowest BCUT2D eigenvalue weighted by Crippen LogP contribution is -2.52. The molecular weight excluding hydrogens is 277 g/mol. The number of ether oxygens (including phenoxy) is 1. The maximum atomic E-state index is 13.2. The van der Waals surface area contributed by atoms with Crippen LogP contribution in [0, 0.1) is 5.92 Å². The Bertz CT molecular complexity index is 310. The van der Waals surface area contributed by atoms with E-state index in [-0.39, 0.29) is 10.9 Å². The fourth-order valence-corrected chi connectivity index (χ4v) is 3.19. The van der Waals surface area contributed by atoms with Crippen molar-refractivity contribution in [3.05, 3.63) is 12.3 Å². The van der Waals surface area contributed by atoms with Crippen LogP contribution < -0.4 is 4.72 Å². The third kappa shape index (κ3) is 5.62. The van der Waals surface area contributed by atoms with Crippen LogP contribution in [-0.4, -0.2) is 28.1 Å². The van der Waals surface area contributed by atoms with E-state index in [1.54, 1.807) is 6.26 Å². The van der Waals surface area contributed by atoms with E-state index in [4.69, 9.17) is 4.74 Å². The van der Waals surface area contributed by atoms with Crippen LogP contribution in [0.5, 0.6) is 0 Å². The first-order valence-electron chi connectivity index (χ1n) is 7.41. The fourth-order valence-electron chi connectivity index (χ4n) is 2.08. The van der Waals surface area contributed by atoms with Crippen LogP contribution in [0.1, 0.15) is 53.4 Å². The zero-order valence-corrected chi connectivity index (χ0v) is 13.8. The van der Waals surface area contributed by atoms with Crippen LogP contribution in [0.15, 0.2) is 12.3 Å². The van der Waals surface area contributed by atoms with Gasteiger partial charge in [-0.3, -0.25) is 0 Å². The Morgan fingerprint density at radius 2 is 2.20 bits per heavy atom. The highest BCUT2D eigenvalue weighted by Gasteiger charge is 2.36. The van der Waals surface area contributed by atoms with Crippen LogP contribution in [0.25, 0.3) is 0 Å². The summed E-state index contributed by atoms with van der Waals surface area (Å²) in [4.78, 5) is 0. The van der Waals surface area contributed by atoms with E-state index in [0.717, 1.165) is 25.7 Å². The van der Waals surface area contributed by atoms with Gasteiger partial charge in [-0.2, -0.15) is 0 Å². The zero-order valence-electron chi connectivity index (χ0n) is 13.0. The van der Waals surface area contributed by atoms with Crippen molar-refractivity contribution in [2.75, 3.05) is 6.67 Å². The van der Waals surface area contributed by atoms with Gasteiger partial charge in [0.05, 0.1) is 6.26 Å². The van der Waals surface area contributed by atoms with Gasteiger partial charge in [0.2, 0.25) is 0 Å². The molecule has 1 rings (SSSR count). The summed E-state index contributed by atoms with van der Waals surface area (Å²) in [5.74, 6) is 0.579. The van der Waals surface area contributed by atoms with Crippen molar-refractivity contribution >= 4 is 11.4 Å². The molecule has 20 heavy (non-hydrogen) atoms. The molecule has 0 bridgehead atoms. The molecule has 0 aromatic carbocycles. The van der Waals surface area contributed by atoms with Crippen molar-refractivity contribution in [3.63, 3.8) is 0 Å². The van der Waals surface area contributed by atoms with Gasteiger partial charge in [0.1, 0.15) is 23.6 Å². The molecule has 0 aliphatic carbocycles. The van der Waals surface area contributed by atoms with E-state index >= 15 is 0 Å². The molecule has 0 aromatic heterocycles. The molecule has 0 aromatic rings. The van der Waals surface area contributed by atoms with E-state index in [1.165, 1.54) is 0 Å². The second kappa shape index (κ2) is 8.25. The molecular formula is C15H28FNO2S. The summed E-state index contributed by atoms with van der Waals surface area (Å²) in [6.07, 6.45) is 6.84. The third-order valence-corrected chi connectivity index (χ3v) is 5.39. The quantitative estimate of drug-likeness (QED) is 0.698. The van der Waals surface area contributed by atoms with Crippen molar-refractivity contribution in [1.29, 1.82) is 0 Å². The van der Waals surface area contributed by atoms with Crippen molar-refractivity contribution in [2.24, 2.45) is 5.92 Å². The molecule has 1 aliphatic heterocycles. The summed E-state index contributed by atoms with van der Waals surface area (Å²) in [6, 6.07) is -0.501. The molecule has 0 amide bonds. The Morgan fingerprint density at radius 1 is 1.50 bits per heavy atom. The van der Waals surface area contributed by atoms with Gasteiger partial charge in [-0.25, -0.2) is 4.39 Å². The van der Waals surface area contributed by atoms with Crippen molar-refractivity contribution in [2.45, 2.75) is 70.3 Å². The van der Waals surface area contributed by atoms with Crippen LogP contribution >= 0.6 is 0 Å². The first kappa shape index (κ1) is 17.8. The predicted molar refractivity (Wildman–Crippen MR) is 82.4 cm³/mol. The molecule has 1 aliphatic rings. The average molecular weight is 305 g/mol. The monoisotopic (exact) mass is 305 g/mol. The standard InChI is InChI=1S/C15H28FNO2S/c1-12(2)8-9-15(3,4)20(18)17-13(11-16)14-7-5-6-10-19-14/h6,10,12-14,17H,5,7-9,11H2,1-4H3/t13-,14?,20?/m1/s1. The summed E-state index contributed by atoms with van der Waals surface area (Å²) in [7, 11) is 0. The number of alkyl halides is 1. The van der Waals surface area contributed by atoms with Gasteiger partial charge >= 0.3 is 0 Å². The van der Waals surface area contributed by atoms with E-state index < -0.39 is 24.1 Å². The van der Waals surface area contributed by atoms with Crippen LogP contribution in [0.2, 0.25) is 0 Å². The lowest BCUT2D eigenvalue weighted by atomic mass is 10.0. The number of hydrogen-bond donors (Lipinski definition) is 1. The van der Waals surface area contributed by atoms with Crippen molar-refractivity contribution < 1.29 is 13.7 Å². The fraction of sp³-hybridized carbons (Fsp3) is 0.867. The molecule has 0 saturated heterocycles. The van der Waals surface area contributed by atoms with Crippen LogP contribution in [0.3, 0.4) is 0 Å². The Kier molecular flexibility index (Phi) is 7.34. The van der Waals surface area contributed by atoms with E-state index in [2.05, 4.69) is 18.6 Å². The summed E-state index contributed by atoms with van der Waals surface area (Å²) >= 11 is -1.27. The molecule has 0 fully saturated rings. The van der Waals surface area contributed by atoms with E-state index in [9.17, 15) is 8.94 Å². The molecule has 3 atom stereocenters. The minimum atomic E-state index is -1.27. The number of rotatable bonds is 8. The predicted octanol–water partition coefficient (Wildman–Crippen LogP) is 3.49. The summed E-state index contributed by atoms with van der Waals surface area (Å²) in [5, 5.41) is 0. The van der Waals surface area contributed by atoms with Crippen LogP contribution in [-0.2, 0) is 16.1 Å². The molecule has 5 heteroatoms. The van der Waals surface area contributed by atoms with Crippen molar-refractivity contribution in [1.82, 2.24) is 4.72 Å². The molecule has 2 unspecified atom stereocenters. The maximum absolute atomic E-state index is 13.2. The molecule has 1 heterocycles. The van der Waals surface area contributed by atoms with Gasteiger partial charge in [0.25, 0.3) is 0 Å². The van der Waals surface area contributed by atoms with Gasteiger partial charge in [-0.05, 0) is 51.5 Å². The van der Waals surface area contributed by atoms with Gasteiger partial charge in [0, 0.05) is 11.4 Å². The molecule has 0 saturated carbocycles. The molecule has 118 valence electrons. The Balaban J connectivity index is 2.52. The molecule has 0 radical (unpaired) electrons. The SMILES string of the molecule is CC(C)CCC(C)(C)[S+]([O-])N[C@H](CF)C1CCC=CO1. The van der Waals surface area contributed by atoms with E-state index in [1.807, 2.05) is 19.9 Å². The van der Waals surface area contributed by atoms with Gasteiger partial charge in [-0.1, -0.05) is 13.8 Å². The summed E-state index contributed by atoms with van der Waals surface area (Å²) in [5.41, 5.74) is 0. The number of nitrogens with one attached hydrogen (secondary N) is 1.